The average molecular weight is 266 g/mol. The summed E-state index contributed by atoms with van der Waals surface area (Å²) in [7, 11) is 0. The summed E-state index contributed by atoms with van der Waals surface area (Å²) in [4.78, 5) is 4.17. The highest BCUT2D eigenvalue weighted by atomic mass is 19.1. The zero-order chi connectivity index (χ0) is 13.7. The summed E-state index contributed by atoms with van der Waals surface area (Å²) in [6.45, 7) is 6.10. The topological polar surface area (TPSA) is 34.1 Å². The van der Waals surface area contributed by atoms with Gasteiger partial charge in [-0.3, -0.25) is 4.98 Å². The van der Waals surface area contributed by atoms with Gasteiger partial charge in [0, 0.05) is 19.2 Å². The van der Waals surface area contributed by atoms with Crippen molar-refractivity contribution in [3.8, 4) is 0 Å². The molecule has 2 heterocycles. The largest absolute Gasteiger partial charge is 0.378 e. The van der Waals surface area contributed by atoms with E-state index in [2.05, 4.69) is 24.1 Å². The van der Waals surface area contributed by atoms with Gasteiger partial charge < -0.3 is 10.1 Å². The van der Waals surface area contributed by atoms with Gasteiger partial charge in [-0.05, 0) is 37.3 Å². The summed E-state index contributed by atoms with van der Waals surface area (Å²) in [5, 5.41) is 3.55. The van der Waals surface area contributed by atoms with Crippen LogP contribution >= 0.6 is 0 Å². The Kier molecular flexibility index (Phi) is 5.28. The highest BCUT2D eigenvalue weighted by Crippen LogP contribution is 2.24. The molecule has 1 fully saturated rings. The van der Waals surface area contributed by atoms with Crippen LogP contribution in [-0.2, 0) is 4.74 Å². The Hall–Kier alpha value is -1.00. The van der Waals surface area contributed by atoms with E-state index < -0.39 is 0 Å². The number of nitrogens with one attached hydrogen (secondary N) is 1. The SMILES string of the molecule is CCC(NCC1CCOC1CC)c1ccc(F)cn1. The summed E-state index contributed by atoms with van der Waals surface area (Å²) < 4.78 is 18.6. The maximum absolute atomic E-state index is 12.9. The van der Waals surface area contributed by atoms with E-state index in [0.29, 0.717) is 12.0 Å². The van der Waals surface area contributed by atoms with Gasteiger partial charge in [0.25, 0.3) is 0 Å². The smallest absolute Gasteiger partial charge is 0.141 e. The van der Waals surface area contributed by atoms with Crippen LogP contribution < -0.4 is 5.32 Å². The van der Waals surface area contributed by atoms with Crippen molar-refractivity contribution in [2.24, 2.45) is 5.92 Å². The van der Waals surface area contributed by atoms with Crippen molar-refractivity contribution in [2.75, 3.05) is 13.2 Å². The molecule has 0 amide bonds. The molecule has 0 aromatic carbocycles. The Balaban J connectivity index is 1.90. The van der Waals surface area contributed by atoms with E-state index in [1.807, 2.05) is 0 Å². The normalized spacial score (nSPS) is 24.6. The molecular weight excluding hydrogens is 243 g/mol. The molecule has 19 heavy (non-hydrogen) atoms. The van der Waals surface area contributed by atoms with E-state index in [9.17, 15) is 4.39 Å². The molecule has 2 rings (SSSR count). The fraction of sp³-hybridized carbons (Fsp3) is 0.667. The minimum absolute atomic E-state index is 0.193. The molecule has 0 spiro atoms. The monoisotopic (exact) mass is 266 g/mol. The van der Waals surface area contributed by atoms with Crippen molar-refractivity contribution in [1.29, 1.82) is 0 Å². The predicted octanol–water partition coefficient (Wildman–Crippen LogP) is 3.08. The molecular formula is C15H23FN2O. The summed E-state index contributed by atoms with van der Waals surface area (Å²) in [5.41, 5.74) is 0.913. The second-order valence-corrected chi connectivity index (χ2v) is 5.14. The lowest BCUT2D eigenvalue weighted by atomic mass is 9.98. The standard InChI is InChI=1S/C15H23FN2O/c1-3-13(14-6-5-12(16)10-18-14)17-9-11-7-8-19-15(11)4-2/h5-6,10-11,13,15,17H,3-4,7-9H2,1-2H3. The number of hydrogen-bond acceptors (Lipinski definition) is 3. The van der Waals surface area contributed by atoms with E-state index in [0.717, 1.165) is 38.1 Å². The molecule has 3 nitrogen and oxygen atoms in total. The Bertz CT molecular complexity index is 382. The minimum Gasteiger partial charge on any atom is -0.378 e. The summed E-state index contributed by atoms with van der Waals surface area (Å²) in [6.07, 6.45) is 4.80. The summed E-state index contributed by atoms with van der Waals surface area (Å²) in [5.74, 6) is 0.299. The second-order valence-electron chi connectivity index (χ2n) is 5.14. The second kappa shape index (κ2) is 6.96. The van der Waals surface area contributed by atoms with Crippen LogP contribution in [0.25, 0.3) is 0 Å². The number of rotatable bonds is 6. The molecule has 1 aliphatic rings. The van der Waals surface area contributed by atoms with Crippen molar-refractivity contribution >= 4 is 0 Å². The van der Waals surface area contributed by atoms with Crippen LogP contribution in [0.1, 0.15) is 44.8 Å². The Morgan fingerprint density at radius 1 is 1.47 bits per heavy atom. The van der Waals surface area contributed by atoms with Crippen LogP contribution in [0.3, 0.4) is 0 Å². The molecule has 1 aliphatic heterocycles. The molecule has 4 heteroatoms. The molecule has 106 valence electrons. The van der Waals surface area contributed by atoms with Crippen LogP contribution in [0, 0.1) is 11.7 Å². The third-order valence-corrected chi connectivity index (χ3v) is 3.89. The van der Waals surface area contributed by atoms with Crippen LogP contribution in [0.15, 0.2) is 18.3 Å². The first-order valence-electron chi connectivity index (χ1n) is 7.21. The molecule has 0 bridgehead atoms. The first-order valence-corrected chi connectivity index (χ1v) is 7.21. The molecule has 1 aromatic heterocycles. The number of hydrogen-bond donors (Lipinski definition) is 1. The Labute approximate surface area is 114 Å². The first kappa shape index (κ1) is 14.4. The van der Waals surface area contributed by atoms with Crippen molar-refractivity contribution in [3.05, 3.63) is 29.8 Å². The van der Waals surface area contributed by atoms with E-state index in [4.69, 9.17) is 4.74 Å². The molecule has 3 atom stereocenters. The maximum atomic E-state index is 12.9. The van der Waals surface area contributed by atoms with E-state index in [-0.39, 0.29) is 11.9 Å². The molecule has 0 saturated carbocycles. The van der Waals surface area contributed by atoms with Gasteiger partial charge >= 0.3 is 0 Å². The lowest BCUT2D eigenvalue weighted by Crippen LogP contribution is -2.31. The van der Waals surface area contributed by atoms with Gasteiger partial charge in [-0.2, -0.15) is 0 Å². The zero-order valence-electron chi connectivity index (χ0n) is 11.7. The quantitative estimate of drug-likeness (QED) is 0.859. The lowest BCUT2D eigenvalue weighted by molar-refractivity contribution is 0.0865. The minimum atomic E-state index is -0.283. The van der Waals surface area contributed by atoms with E-state index in [1.54, 1.807) is 6.07 Å². The van der Waals surface area contributed by atoms with Crippen molar-refractivity contribution in [1.82, 2.24) is 10.3 Å². The van der Waals surface area contributed by atoms with Crippen LogP contribution in [0.5, 0.6) is 0 Å². The van der Waals surface area contributed by atoms with Crippen LogP contribution in [-0.4, -0.2) is 24.2 Å². The number of pyridine rings is 1. The van der Waals surface area contributed by atoms with Crippen molar-refractivity contribution in [2.45, 2.75) is 45.3 Å². The fourth-order valence-electron chi connectivity index (χ4n) is 2.72. The van der Waals surface area contributed by atoms with Gasteiger partial charge in [0.15, 0.2) is 0 Å². The van der Waals surface area contributed by atoms with E-state index in [1.165, 1.54) is 12.3 Å². The van der Waals surface area contributed by atoms with Gasteiger partial charge in [-0.1, -0.05) is 13.8 Å². The molecule has 0 aliphatic carbocycles. The van der Waals surface area contributed by atoms with E-state index >= 15 is 0 Å². The summed E-state index contributed by atoms with van der Waals surface area (Å²) >= 11 is 0. The number of halogens is 1. The maximum Gasteiger partial charge on any atom is 0.141 e. The molecule has 1 N–H and O–H groups in total. The Morgan fingerprint density at radius 2 is 2.32 bits per heavy atom. The number of nitrogens with zero attached hydrogens (tertiary/aromatic N) is 1. The first-order chi connectivity index (χ1) is 9.24. The van der Waals surface area contributed by atoms with Gasteiger partial charge in [0.05, 0.1) is 18.0 Å². The zero-order valence-corrected chi connectivity index (χ0v) is 11.7. The third-order valence-electron chi connectivity index (χ3n) is 3.89. The van der Waals surface area contributed by atoms with Gasteiger partial charge in [0.1, 0.15) is 5.82 Å². The highest BCUT2D eigenvalue weighted by Gasteiger charge is 2.27. The Morgan fingerprint density at radius 3 is 2.95 bits per heavy atom. The number of ether oxygens (including phenoxy) is 1. The molecule has 0 radical (unpaired) electrons. The van der Waals surface area contributed by atoms with Gasteiger partial charge in [-0.25, -0.2) is 4.39 Å². The third kappa shape index (κ3) is 3.74. The highest BCUT2D eigenvalue weighted by molar-refractivity contribution is 5.09. The van der Waals surface area contributed by atoms with Gasteiger partial charge in [0.2, 0.25) is 0 Å². The summed E-state index contributed by atoms with van der Waals surface area (Å²) in [6, 6.07) is 3.43. The number of aromatic nitrogens is 1. The molecule has 1 saturated heterocycles. The van der Waals surface area contributed by atoms with Crippen molar-refractivity contribution in [3.63, 3.8) is 0 Å². The average Bonchev–Trinajstić information content (AvgIpc) is 2.89. The molecule has 3 unspecified atom stereocenters. The van der Waals surface area contributed by atoms with Crippen LogP contribution in [0.2, 0.25) is 0 Å². The van der Waals surface area contributed by atoms with Crippen molar-refractivity contribution < 1.29 is 9.13 Å². The molecule has 1 aromatic rings. The van der Waals surface area contributed by atoms with Crippen LogP contribution in [0.4, 0.5) is 4.39 Å². The lowest BCUT2D eigenvalue weighted by Gasteiger charge is -2.22. The fourth-order valence-corrected chi connectivity index (χ4v) is 2.72. The predicted molar refractivity (Wildman–Crippen MR) is 73.4 cm³/mol. The van der Waals surface area contributed by atoms with Gasteiger partial charge in [-0.15, -0.1) is 0 Å².